The number of aliphatic hydroxyl groups is 1. The second-order valence-corrected chi connectivity index (χ2v) is 5.02. The third kappa shape index (κ3) is 5.95. The average Bonchev–Trinajstić information content (AvgIpc) is 2.87. The normalized spacial score (nSPS) is 26.3. The molecule has 0 saturated heterocycles. The van der Waals surface area contributed by atoms with Crippen LogP contribution in [-0.2, 0) is 6.37 Å². The molecule has 0 radical (unpaired) electrons. The SMILES string of the molecule is [2H]c1c([2H])c(OC([2H])([2H])C([2H])(O)CCC([2H])([2H])C([2H])([2H])c2c([2H])c([2H])c(OC([2H])([2H])[2H])c(OC([2H])([2H])[2H])c2[2H])c([2H])c(C)c1C. The predicted molar refractivity (Wildman–Crippen MR) is 105 cm³/mol. The van der Waals surface area contributed by atoms with Crippen molar-refractivity contribution in [1.82, 2.24) is 0 Å². The maximum absolute atomic E-state index is 10.7. The monoisotopic (exact) mass is 377 g/mol. The third-order valence-corrected chi connectivity index (χ3v) is 3.15. The Bertz CT molecular complexity index is 1420. The van der Waals surface area contributed by atoms with E-state index in [0.29, 0.717) is 0 Å². The molecule has 0 bridgehead atoms. The number of hydrogen-bond donors (Lipinski definition) is 1. The van der Waals surface area contributed by atoms with Crippen LogP contribution in [0.5, 0.6) is 17.2 Å². The van der Waals surface area contributed by atoms with Crippen molar-refractivity contribution < 1.29 is 45.4 Å². The molecule has 0 saturated carbocycles. The van der Waals surface area contributed by atoms with E-state index in [1.165, 1.54) is 13.8 Å². The largest absolute Gasteiger partial charge is 0.493 e. The quantitative estimate of drug-likeness (QED) is 0.663. The van der Waals surface area contributed by atoms with Gasteiger partial charge in [0.1, 0.15) is 12.3 Å². The van der Waals surface area contributed by atoms with Crippen molar-refractivity contribution in [2.24, 2.45) is 0 Å². The molecule has 4 nitrogen and oxygen atoms in total. The maximum atomic E-state index is 10.7. The lowest BCUT2D eigenvalue weighted by Crippen LogP contribution is -2.17. The van der Waals surface area contributed by atoms with Crippen LogP contribution in [-0.4, -0.2) is 31.8 Å². The number of rotatable bonds is 10. The van der Waals surface area contributed by atoms with Crippen LogP contribution < -0.4 is 14.2 Å². The van der Waals surface area contributed by atoms with E-state index in [1.54, 1.807) is 0 Å². The van der Waals surface area contributed by atoms with E-state index in [9.17, 15) is 5.11 Å². The number of methoxy groups -OCH3 is 2. The molecule has 0 heterocycles. The van der Waals surface area contributed by atoms with Gasteiger partial charge in [0.15, 0.2) is 11.5 Å². The zero-order valence-electron chi connectivity index (χ0n) is 33.1. The van der Waals surface area contributed by atoms with Crippen LogP contribution >= 0.6 is 0 Å². The molecule has 1 N–H and O–H groups in total. The fraction of sp³-hybridized carbons (Fsp3) is 0.455. The Morgan fingerprint density at radius 3 is 2.73 bits per heavy atom. The summed E-state index contributed by atoms with van der Waals surface area (Å²) in [6, 6.07) is -5.48. The highest BCUT2D eigenvalue weighted by molar-refractivity contribution is 5.42. The van der Waals surface area contributed by atoms with Gasteiger partial charge >= 0.3 is 0 Å². The van der Waals surface area contributed by atoms with Gasteiger partial charge in [0.25, 0.3) is 0 Å². The molecule has 0 aliphatic rings. The Kier molecular flexibility index (Phi) is 2.50. The molecule has 2 rings (SSSR count). The highest BCUT2D eigenvalue weighted by atomic mass is 16.5. The van der Waals surface area contributed by atoms with Crippen molar-refractivity contribution in [1.29, 1.82) is 0 Å². The van der Waals surface area contributed by atoms with Crippen LogP contribution in [0.2, 0.25) is 0 Å². The molecule has 0 spiro atoms. The lowest BCUT2D eigenvalue weighted by atomic mass is 10.0. The van der Waals surface area contributed by atoms with Crippen LogP contribution in [0.3, 0.4) is 0 Å². The first-order valence-corrected chi connectivity index (χ1v) is 7.41. The van der Waals surface area contributed by atoms with E-state index < -0.39 is 111 Å². The van der Waals surface area contributed by atoms with Crippen molar-refractivity contribution in [2.45, 2.75) is 45.5 Å². The van der Waals surface area contributed by atoms with Crippen molar-refractivity contribution in [3.63, 3.8) is 0 Å². The molecule has 0 amide bonds. The highest BCUT2D eigenvalue weighted by Gasteiger charge is 2.07. The summed E-state index contributed by atoms with van der Waals surface area (Å²) in [4.78, 5) is 0. The Hall–Kier alpha value is -2.20. The average molecular weight is 378 g/mol. The van der Waals surface area contributed by atoms with E-state index in [0.717, 1.165) is 0 Å². The fourth-order valence-electron chi connectivity index (χ4n) is 1.67. The van der Waals surface area contributed by atoms with Crippen molar-refractivity contribution in [3.05, 3.63) is 52.9 Å². The third-order valence-electron chi connectivity index (χ3n) is 3.15. The summed E-state index contributed by atoms with van der Waals surface area (Å²) < 4.78 is 165. The Morgan fingerprint density at radius 1 is 1.12 bits per heavy atom. The summed E-state index contributed by atoms with van der Waals surface area (Å²) >= 11 is 0. The minimum absolute atomic E-state index is 0.156. The maximum Gasteiger partial charge on any atom is 0.160 e. The van der Waals surface area contributed by atoms with E-state index >= 15 is 0 Å². The molecule has 0 fully saturated rings. The van der Waals surface area contributed by atoms with Gasteiger partial charge in [-0.25, -0.2) is 0 Å². The van der Waals surface area contributed by atoms with E-state index in [-0.39, 0.29) is 11.1 Å². The van der Waals surface area contributed by atoms with Crippen LogP contribution in [0, 0.1) is 13.8 Å². The zero-order chi connectivity index (χ0) is 35.5. The Balaban J connectivity index is 2.56. The summed E-state index contributed by atoms with van der Waals surface area (Å²) in [7, 11) is -6.74. The molecule has 142 valence electrons. The van der Waals surface area contributed by atoms with Gasteiger partial charge in [-0.3, -0.25) is 0 Å². The molecule has 1 atom stereocenters. The summed E-state index contributed by atoms with van der Waals surface area (Å²) in [6.07, 6.45) is -12.7. The minimum Gasteiger partial charge on any atom is -0.493 e. The van der Waals surface area contributed by atoms with Gasteiger partial charge < -0.3 is 19.3 Å². The molecule has 2 aromatic rings. The van der Waals surface area contributed by atoms with Gasteiger partial charge in [0, 0.05) is 5.48 Å². The molecule has 0 aromatic heterocycles. The first-order chi connectivity index (χ1) is 19.9. The Labute approximate surface area is 183 Å². The van der Waals surface area contributed by atoms with Gasteiger partial charge in [-0.1, -0.05) is 18.5 Å². The van der Waals surface area contributed by atoms with Crippen molar-refractivity contribution in [3.8, 4) is 17.2 Å². The standard InChI is InChI=1S/C22H30O4/c1-16-9-11-20(13-17(16)2)26-15-19(23)8-6-5-7-18-10-12-21(24-3)22(14-18)25-4/h9-14,19,23H,5-8,15H2,1-4H3/i3D3,4D3,5D2,7D2,9D,10D,11D,12D,13D,14D,15D2,19D. The number of hydrogen-bond acceptors (Lipinski definition) is 4. The summed E-state index contributed by atoms with van der Waals surface area (Å²) in [5.74, 6) is -3.28. The van der Waals surface area contributed by atoms with E-state index in [2.05, 4.69) is 9.47 Å². The highest BCUT2D eigenvalue weighted by Crippen LogP contribution is 2.28. The van der Waals surface area contributed by atoms with Gasteiger partial charge in [0.05, 0.1) is 40.7 Å². The van der Waals surface area contributed by atoms with Crippen molar-refractivity contribution >= 4 is 0 Å². The van der Waals surface area contributed by atoms with Crippen LogP contribution in [0.15, 0.2) is 36.3 Å². The summed E-state index contributed by atoms with van der Waals surface area (Å²) in [6.45, 7) is -0.621. The molecular weight excluding hydrogens is 328 g/mol. The van der Waals surface area contributed by atoms with Gasteiger partial charge in [-0.2, -0.15) is 0 Å². The number of benzene rings is 2. The smallest absolute Gasteiger partial charge is 0.160 e. The molecule has 0 aliphatic heterocycles. The molecule has 2 aromatic carbocycles. The molecule has 0 aliphatic carbocycles. The van der Waals surface area contributed by atoms with Crippen LogP contribution in [0.4, 0.5) is 0 Å². The van der Waals surface area contributed by atoms with Gasteiger partial charge in [-0.05, 0) is 73.9 Å². The second-order valence-electron chi connectivity index (χ2n) is 5.02. The van der Waals surface area contributed by atoms with E-state index in [1.807, 2.05) is 0 Å². The Morgan fingerprint density at radius 2 is 1.92 bits per heavy atom. The van der Waals surface area contributed by atoms with Crippen LogP contribution in [0.1, 0.15) is 61.9 Å². The molecule has 1 unspecified atom stereocenters. The lowest BCUT2D eigenvalue weighted by Gasteiger charge is -2.13. The minimum atomic E-state index is -3.52. The topological polar surface area (TPSA) is 47.9 Å². The lowest BCUT2D eigenvalue weighted by molar-refractivity contribution is 0.0976. The summed E-state index contributed by atoms with van der Waals surface area (Å²) in [5.41, 5.74) is -0.875. The van der Waals surface area contributed by atoms with Crippen LogP contribution in [0.25, 0.3) is 0 Å². The fourth-order valence-corrected chi connectivity index (χ4v) is 1.67. The van der Waals surface area contributed by atoms with Gasteiger partial charge in [0.2, 0.25) is 0 Å². The zero-order valence-corrected chi connectivity index (χ0v) is 14.1. The molecule has 4 heteroatoms. The second kappa shape index (κ2) is 10.1. The predicted octanol–water partition coefficient (Wildman–Crippen LogP) is 4.47. The number of ether oxygens (including phenoxy) is 3. The molecule has 26 heavy (non-hydrogen) atoms. The first-order valence-electron chi connectivity index (χ1n) is 16.9. The van der Waals surface area contributed by atoms with E-state index in [4.69, 9.17) is 30.8 Å². The summed E-state index contributed by atoms with van der Waals surface area (Å²) in [5, 5.41) is 10.7. The first kappa shape index (κ1) is 6.45. The van der Waals surface area contributed by atoms with Gasteiger partial charge in [-0.15, -0.1) is 0 Å². The van der Waals surface area contributed by atoms with Crippen molar-refractivity contribution in [2.75, 3.05) is 20.6 Å². The molecular formula is C22H30O4.